The Labute approximate surface area is 152 Å². The molecule has 0 saturated carbocycles. The summed E-state index contributed by atoms with van der Waals surface area (Å²) in [7, 11) is 0. The number of nitrogens with zero attached hydrogens (tertiary/aromatic N) is 4. The third kappa shape index (κ3) is 2.97. The summed E-state index contributed by atoms with van der Waals surface area (Å²) < 4.78 is 8.19. The molecule has 2 aromatic carbocycles. The second-order valence-electron chi connectivity index (χ2n) is 5.32. The molecule has 4 aromatic rings. The number of aromatic nitrogens is 3. The van der Waals surface area contributed by atoms with Crippen LogP contribution in [-0.4, -0.2) is 14.6 Å². The third-order valence-electron chi connectivity index (χ3n) is 3.66. The summed E-state index contributed by atoms with van der Waals surface area (Å²) in [6.07, 6.45) is 3.43. The van der Waals surface area contributed by atoms with E-state index in [1.54, 1.807) is 16.9 Å². The molecule has 0 saturated heterocycles. The zero-order valence-electron chi connectivity index (χ0n) is 12.9. The molecule has 0 atom stereocenters. The Morgan fingerprint density at radius 3 is 2.44 bits per heavy atom. The molecule has 0 spiro atoms. The molecule has 0 N–H and O–H groups in total. The van der Waals surface area contributed by atoms with E-state index in [2.05, 4.69) is 32.1 Å². The normalized spacial score (nSPS) is 10.6. The molecule has 120 valence electrons. The summed E-state index contributed by atoms with van der Waals surface area (Å²) in [4.78, 5) is 4.28. The number of hydrogen-bond donors (Lipinski definition) is 0. The van der Waals surface area contributed by atoms with Gasteiger partial charge in [0.1, 0.15) is 28.8 Å². The van der Waals surface area contributed by atoms with Crippen LogP contribution in [0.2, 0.25) is 0 Å². The van der Waals surface area contributed by atoms with Gasteiger partial charge in [0, 0.05) is 18.0 Å². The van der Waals surface area contributed by atoms with Crippen LogP contribution in [0.3, 0.4) is 0 Å². The van der Waals surface area contributed by atoms with Gasteiger partial charge < -0.3 is 4.74 Å². The first-order valence-corrected chi connectivity index (χ1v) is 8.31. The Balaban J connectivity index is 1.71. The summed E-state index contributed by atoms with van der Waals surface area (Å²) in [5.74, 6) is 1.49. The number of rotatable bonds is 3. The smallest absolute Gasteiger partial charge is 0.173 e. The second-order valence-corrected chi connectivity index (χ2v) is 6.23. The van der Waals surface area contributed by atoms with Gasteiger partial charge in [-0.3, -0.25) is 0 Å². The van der Waals surface area contributed by atoms with Gasteiger partial charge in [-0.25, -0.2) is 9.50 Å². The van der Waals surface area contributed by atoms with Gasteiger partial charge in [0.15, 0.2) is 5.65 Å². The van der Waals surface area contributed by atoms with Crippen LogP contribution < -0.4 is 4.74 Å². The molecule has 6 heteroatoms. The lowest BCUT2D eigenvalue weighted by Gasteiger charge is -2.05. The minimum Gasteiger partial charge on any atom is -0.457 e. The molecule has 0 bridgehead atoms. The van der Waals surface area contributed by atoms with Crippen LogP contribution in [0.1, 0.15) is 5.56 Å². The molecule has 0 radical (unpaired) electrons. The second kappa shape index (κ2) is 6.38. The predicted octanol–water partition coefficient (Wildman–Crippen LogP) is 4.82. The van der Waals surface area contributed by atoms with E-state index < -0.39 is 0 Å². The summed E-state index contributed by atoms with van der Waals surface area (Å²) in [6, 6.07) is 19.3. The molecule has 0 fully saturated rings. The van der Waals surface area contributed by atoms with Gasteiger partial charge in [-0.15, -0.1) is 0 Å². The summed E-state index contributed by atoms with van der Waals surface area (Å²) in [6.45, 7) is 0. The van der Waals surface area contributed by atoms with E-state index in [0.29, 0.717) is 16.9 Å². The zero-order valence-corrected chi connectivity index (χ0v) is 14.5. The van der Waals surface area contributed by atoms with Crippen molar-refractivity contribution in [2.75, 3.05) is 0 Å². The molecule has 0 aliphatic rings. The minimum absolute atomic E-state index is 0.448. The van der Waals surface area contributed by atoms with Crippen LogP contribution in [-0.2, 0) is 0 Å². The SMILES string of the molecule is N#Cc1c(-c2ccc(Oc3ccccc3)cc2)nn2cc(Br)cnc12. The van der Waals surface area contributed by atoms with Crippen LogP contribution in [0.15, 0.2) is 71.5 Å². The maximum atomic E-state index is 9.51. The molecule has 0 unspecified atom stereocenters. The van der Waals surface area contributed by atoms with Gasteiger partial charge >= 0.3 is 0 Å². The molecule has 0 aliphatic heterocycles. The molecule has 5 nitrogen and oxygen atoms in total. The average Bonchev–Trinajstić information content (AvgIpc) is 3.00. The van der Waals surface area contributed by atoms with Gasteiger partial charge in [-0.05, 0) is 52.3 Å². The van der Waals surface area contributed by atoms with Crippen molar-refractivity contribution in [3.63, 3.8) is 0 Å². The van der Waals surface area contributed by atoms with E-state index in [1.807, 2.05) is 54.6 Å². The van der Waals surface area contributed by atoms with Gasteiger partial charge in [0.25, 0.3) is 0 Å². The number of para-hydroxylation sites is 1. The lowest BCUT2D eigenvalue weighted by Crippen LogP contribution is -1.89. The fourth-order valence-electron chi connectivity index (χ4n) is 2.52. The van der Waals surface area contributed by atoms with Gasteiger partial charge in [-0.1, -0.05) is 18.2 Å². The molecule has 2 aromatic heterocycles. The first kappa shape index (κ1) is 15.4. The quantitative estimate of drug-likeness (QED) is 0.502. The van der Waals surface area contributed by atoms with Gasteiger partial charge in [0.2, 0.25) is 0 Å². The van der Waals surface area contributed by atoms with E-state index in [1.165, 1.54) is 0 Å². The average molecular weight is 391 g/mol. The largest absolute Gasteiger partial charge is 0.457 e. The Bertz CT molecular complexity index is 1080. The monoisotopic (exact) mass is 390 g/mol. The molecule has 0 amide bonds. The highest BCUT2D eigenvalue weighted by Crippen LogP contribution is 2.28. The standard InChI is InChI=1S/C19H11BrN4O/c20-14-11-22-19-17(10-21)18(23-24(19)12-14)13-6-8-16(9-7-13)25-15-4-2-1-3-5-15/h1-9,11-12H. The Morgan fingerprint density at radius 1 is 1.00 bits per heavy atom. The molecule has 25 heavy (non-hydrogen) atoms. The number of benzene rings is 2. The fourth-order valence-corrected chi connectivity index (χ4v) is 2.82. The van der Waals surface area contributed by atoms with Crippen molar-refractivity contribution in [1.82, 2.24) is 14.6 Å². The Kier molecular flexibility index (Phi) is 3.92. The maximum Gasteiger partial charge on any atom is 0.173 e. The van der Waals surface area contributed by atoms with E-state index in [0.717, 1.165) is 21.5 Å². The van der Waals surface area contributed by atoms with Crippen LogP contribution in [0.4, 0.5) is 0 Å². The summed E-state index contributed by atoms with van der Waals surface area (Å²) >= 11 is 3.36. The minimum atomic E-state index is 0.448. The Morgan fingerprint density at radius 2 is 1.72 bits per heavy atom. The lowest BCUT2D eigenvalue weighted by atomic mass is 10.1. The highest BCUT2D eigenvalue weighted by Gasteiger charge is 2.15. The van der Waals surface area contributed by atoms with Crippen molar-refractivity contribution in [2.24, 2.45) is 0 Å². The van der Waals surface area contributed by atoms with E-state index in [-0.39, 0.29) is 0 Å². The highest BCUT2D eigenvalue weighted by molar-refractivity contribution is 9.10. The van der Waals surface area contributed by atoms with E-state index in [9.17, 15) is 5.26 Å². The van der Waals surface area contributed by atoms with Crippen LogP contribution in [0, 0.1) is 11.3 Å². The van der Waals surface area contributed by atoms with Crippen LogP contribution in [0.5, 0.6) is 11.5 Å². The number of nitriles is 1. The predicted molar refractivity (Wildman–Crippen MR) is 97.4 cm³/mol. The first-order valence-electron chi connectivity index (χ1n) is 7.52. The topological polar surface area (TPSA) is 63.2 Å². The Hall–Kier alpha value is -3.17. The lowest BCUT2D eigenvalue weighted by molar-refractivity contribution is 0.483. The summed E-state index contributed by atoms with van der Waals surface area (Å²) in [5, 5.41) is 14.0. The van der Waals surface area contributed by atoms with Crippen LogP contribution >= 0.6 is 15.9 Å². The van der Waals surface area contributed by atoms with Crippen molar-refractivity contribution in [3.05, 3.63) is 77.0 Å². The van der Waals surface area contributed by atoms with Gasteiger partial charge in [0.05, 0.1) is 4.47 Å². The number of fused-ring (bicyclic) bond motifs is 1. The molecular formula is C19H11BrN4O. The van der Waals surface area contributed by atoms with Crippen molar-refractivity contribution in [1.29, 1.82) is 5.26 Å². The zero-order chi connectivity index (χ0) is 17.2. The third-order valence-corrected chi connectivity index (χ3v) is 4.07. The highest BCUT2D eigenvalue weighted by atomic mass is 79.9. The molecular weight excluding hydrogens is 380 g/mol. The van der Waals surface area contributed by atoms with Crippen molar-refractivity contribution >= 4 is 21.6 Å². The van der Waals surface area contributed by atoms with Crippen molar-refractivity contribution in [2.45, 2.75) is 0 Å². The van der Waals surface area contributed by atoms with Crippen molar-refractivity contribution in [3.8, 4) is 28.8 Å². The molecule has 2 heterocycles. The fraction of sp³-hybridized carbons (Fsp3) is 0. The van der Waals surface area contributed by atoms with Crippen LogP contribution in [0.25, 0.3) is 16.9 Å². The first-order chi connectivity index (χ1) is 12.2. The van der Waals surface area contributed by atoms with E-state index >= 15 is 0 Å². The maximum absolute atomic E-state index is 9.51. The molecule has 4 rings (SSSR count). The van der Waals surface area contributed by atoms with Gasteiger partial charge in [-0.2, -0.15) is 10.4 Å². The summed E-state index contributed by atoms with van der Waals surface area (Å²) in [5.41, 5.74) is 2.41. The van der Waals surface area contributed by atoms with E-state index in [4.69, 9.17) is 4.74 Å². The molecule has 0 aliphatic carbocycles. The number of hydrogen-bond acceptors (Lipinski definition) is 4. The van der Waals surface area contributed by atoms with Crippen molar-refractivity contribution < 1.29 is 4.74 Å². The number of ether oxygens (including phenoxy) is 1. The number of halogens is 1.